The summed E-state index contributed by atoms with van der Waals surface area (Å²) in [6.07, 6.45) is 0.683. The molecular weight excluding hydrogens is 168 g/mol. The zero-order valence-electron chi connectivity index (χ0n) is 8.04. The molecule has 0 heterocycles. The number of allylic oxidation sites excluding steroid dienone is 2. The summed E-state index contributed by atoms with van der Waals surface area (Å²) in [5, 5.41) is 28.5. The van der Waals surface area contributed by atoms with Crippen molar-refractivity contribution < 1.29 is 15.3 Å². The lowest BCUT2D eigenvalue weighted by Crippen LogP contribution is -2.37. The topological polar surface area (TPSA) is 60.7 Å². The summed E-state index contributed by atoms with van der Waals surface area (Å²) < 4.78 is 0. The van der Waals surface area contributed by atoms with Gasteiger partial charge >= 0.3 is 0 Å². The van der Waals surface area contributed by atoms with Gasteiger partial charge in [0.05, 0.1) is 5.76 Å². The molecule has 3 heteroatoms. The van der Waals surface area contributed by atoms with E-state index in [9.17, 15) is 15.3 Å². The summed E-state index contributed by atoms with van der Waals surface area (Å²) in [5.74, 6) is -1.84. The number of hydrogen-bond donors (Lipinski definition) is 3. The van der Waals surface area contributed by atoms with Crippen LogP contribution >= 0.6 is 0 Å². The molecule has 0 saturated heterocycles. The number of aliphatic hydroxyl groups is 3. The van der Waals surface area contributed by atoms with Crippen molar-refractivity contribution in [2.45, 2.75) is 32.5 Å². The van der Waals surface area contributed by atoms with Crippen LogP contribution in [0.25, 0.3) is 0 Å². The lowest BCUT2D eigenvalue weighted by molar-refractivity contribution is -0.147. The molecule has 0 amide bonds. The smallest absolute Gasteiger partial charge is 0.189 e. The molecule has 0 spiro atoms. The highest BCUT2D eigenvalue weighted by Crippen LogP contribution is 2.36. The van der Waals surface area contributed by atoms with Crippen molar-refractivity contribution in [3.8, 4) is 0 Å². The van der Waals surface area contributed by atoms with Crippen molar-refractivity contribution in [3.05, 3.63) is 23.5 Å². The van der Waals surface area contributed by atoms with E-state index in [1.165, 1.54) is 6.92 Å². The Balaban J connectivity index is 2.94. The predicted octanol–water partition coefficient (Wildman–Crippen LogP) is 1.49. The third-order valence-corrected chi connectivity index (χ3v) is 2.70. The fourth-order valence-corrected chi connectivity index (χ4v) is 1.53. The highest BCUT2D eigenvalue weighted by atomic mass is 16.5. The molecule has 1 unspecified atom stereocenters. The Morgan fingerprint density at radius 1 is 1.54 bits per heavy atom. The van der Waals surface area contributed by atoms with Gasteiger partial charge in [-0.2, -0.15) is 0 Å². The van der Waals surface area contributed by atoms with Gasteiger partial charge in [-0.25, -0.2) is 0 Å². The van der Waals surface area contributed by atoms with Gasteiger partial charge in [-0.15, -0.1) is 0 Å². The largest absolute Gasteiger partial charge is 0.512 e. The molecule has 0 aliphatic heterocycles. The van der Waals surface area contributed by atoms with Crippen LogP contribution in [0.1, 0.15) is 26.7 Å². The Morgan fingerprint density at radius 3 is 2.46 bits per heavy atom. The van der Waals surface area contributed by atoms with Crippen LogP contribution < -0.4 is 0 Å². The van der Waals surface area contributed by atoms with E-state index in [0.717, 1.165) is 5.57 Å². The van der Waals surface area contributed by atoms with Crippen molar-refractivity contribution in [1.29, 1.82) is 0 Å². The van der Waals surface area contributed by atoms with Crippen LogP contribution in [-0.4, -0.2) is 21.1 Å². The zero-order chi connectivity index (χ0) is 10.2. The first-order valence-corrected chi connectivity index (χ1v) is 4.34. The molecule has 0 radical (unpaired) electrons. The molecule has 0 aromatic heterocycles. The van der Waals surface area contributed by atoms with Gasteiger partial charge in [0.2, 0.25) is 0 Å². The standard InChI is InChI=1S/C10H16O3/c1-6(2)8-4-9(11)7(3)10(12,13)5-8/h8,11-13H,1,4-5H2,2-3H3. The van der Waals surface area contributed by atoms with E-state index in [1.807, 2.05) is 6.92 Å². The lowest BCUT2D eigenvalue weighted by atomic mass is 9.81. The molecule has 1 aliphatic rings. The van der Waals surface area contributed by atoms with Gasteiger partial charge in [-0.3, -0.25) is 0 Å². The minimum absolute atomic E-state index is 0.0429. The van der Waals surface area contributed by atoms with E-state index >= 15 is 0 Å². The highest BCUT2D eigenvalue weighted by molar-refractivity contribution is 5.21. The Labute approximate surface area is 78.0 Å². The second-order valence-electron chi connectivity index (χ2n) is 3.84. The molecule has 13 heavy (non-hydrogen) atoms. The minimum atomic E-state index is -1.87. The van der Waals surface area contributed by atoms with Crippen LogP contribution in [0, 0.1) is 5.92 Å². The Bertz CT molecular complexity index is 263. The van der Waals surface area contributed by atoms with Gasteiger partial charge in [-0.1, -0.05) is 12.2 Å². The maximum Gasteiger partial charge on any atom is 0.189 e. The van der Waals surface area contributed by atoms with Gasteiger partial charge in [0.25, 0.3) is 0 Å². The molecule has 0 saturated carbocycles. The van der Waals surface area contributed by atoms with Gasteiger partial charge in [0.1, 0.15) is 0 Å². The van der Waals surface area contributed by atoms with E-state index in [0.29, 0.717) is 6.42 Å². The molecule has 1 rings (SSSR count). The number of hydrogen-bond acceptors (Lipinski definition) is 3. The van der Waals surface area contributed by atoms with E-state index in [-0.39, 0.29) is 23.7 Å². The Kier molecular flexibility index (Phi) is 2.50. The van der Waals surface area contributed by atoms with Crippen LogP contribution in [0.15, 0.2) is 23.5 Å². The van der Waals surface area contributed by atoms with Crippen LogP contribution in [0.4, 0.5) is 0 Å². The van der Waals surface area contributed by atoms with Crippen LogP contribution in [0.5, 0.6) is 0 Å². The third-order valence-electron chi connectivity index (χ3n) is 2.70. The maximum atomic E-state index is 9.53. The maximum absolute atomic E-state index is 9.53. The normalized spacial score (nSPS) is 27.5. The van der Waals surface area contributed by atoms with Gasteiger partial charge < -0.3 is 15.3 Å². The van der Waals surface area contributed by atoms with Crippen molar-refractivity contribution in [2.75, 3.05) is 0 Å². The summed E-state index contributed by atoms with van der Waals surface area (Å²) in [4.78, 5) is 0. The first-order chi connectivity index (χ1) is 5.84. The van der Waals surface area contributed by atoms with Gasteiger partial charge in [0, 0.05) is 18.4 Å². The summed E-state index contributed by atoms with van der Waals surface area (Å²) in [6, 6.07) is 0. The molecule has 0 aromatic rings. The predicted molar refractivity (Wildman–Crippen MR) is 50.0 cm³/mol. The summed E-state index contributed by atoms with van der Waals surface area (Å²) in [6.45, 7) is 7.11. The molecule has 0 bridgehead atoms. The number of rotatable bonds is 1. The van der Waals surface area contributed by atoms with Gasteiger partial charge in [-0.05, 0) is 19.8 Å². The molecule has 1 aliphatic carbocycles. The summed E-state index contributed by atoms with van der Waals surface area (Å²) in [7, 11) is 0. The number of aliphatic hydroxyl groups excluding tert-OH is 1. The molecule has 1 atom stereocenters. The van der Waals surface area contributed by atoms with Crippen molar-refractivity contribution in [2.24, 2.45) is 5.92 Å². The van der Waals surface area contributed by atoms with E-state index in [2.05, 4.69) is 6.58 Å². The third kappa shape index (κ3) is 1.92. The quantitative estimate of drug-likeness (QED) is 0.427. The zero-order valence-corrected chi connectivity index (χ0v) is 8.04. The van der Waals surface area contributed by atoms with Crippen molar-refractivity contribution in [1.82, 2.24) is 0 Å². The average molecular weight is 184 g/mol. The molecular formula is C10H16O3. The molecule has 74 valence electrons. The Hall–Kier alpha value is -0.800. The average Bonchev–Trinajstić information content (AvgIpc) is 1.99. The van der Waals surface area contributed by atoms with E-state index < -0.39 is 5.79 Å². The highest BCUT2D eigenvalue weighted by Gasteiger charge is 2.37. The van der Waals surface area contributed by atoms with Crippen molar-refractivity contribution >= 4 is 0 Å². The SMILES string of the molecule is C=C(C)C1CC(O)=C(C)C(O)(O)C1. The molecule has 3 N–H and O–H groups in total. The van der Waals surface area contributed by atoms with E-state index in [4.69, 9.17) is 0 Å². The second kappa shape index (κ2) is 3.16. The lowest BCUT2D eigenvalue weighted by Gasteiger charge is -2.33. The van der Waals surface area contributed by atoms with Crippen LogP contribution in [-0.2, 0) is 0 Å². The first-order valence-electron chi connectivity index (χ1n) is 4.34. The monoisotopic (exact) mass is 184 g/mol. The van der Waals surface area contributed by atoms with E-state index in [1.54, 1.807) is 0 Å². The molecule has 0 fully saturated rings. The fraction of sp³-hybridized carbons (Fsp3) is 0.600. The fourth-order valence-electron chi connectivity index (χ4n) is 1.53. The summed E-state index contributed by atoms with van der Waals surface area (Å²) in [5.41, 5.74) is 1.12. The van der Waals surface area contributed by atoms with Crippen LogP contribution in [0.2, 0.25) is 0 Å². The molecule has 0 aromatic carbocycles. The Morgan fingerprint density at radius 2 is 2.08 bits per heavy atom. The molecule has 3 nitrogen and oxygen atoms in total. The van der Waals surface area contributed by atoms with Crippen molar-refractivity contribution in [3.63, 3.8) is 0 Å². The second-order valence-corrected chi connectivity index (χ2v) is 3.84. The van der Waals surface area contributed by atoms with Gasteiger partial charge in [0.15, 0.2) is 5.79 Å². The summed E-state index contributed by atoms with van der Waals surface area (Å²) >= 11 is 0. The first kappa shape index (κ1) is 10.3. The minimum Gasteiger partial charge on any atom is -0.512 e. The van der Waals surface area contributed by atoms with Crippen LogP contribution in [0.3, 0.4) is 0 Å².